The Hall–Kier alpha value is -2.97. The zero-order valence-corrected chi connectivity index (χ0v) is 30.0. The van der Waals surface area contributed by atoms with Crippen molar-refractivity contribution in [2.75, 3.05) is 26.4 Å². The monoisotopic (exact) mass is 640 g/mol. The summed E-state index contributed by atoms with van der Waals surface area (Å²) in [6.07, 6.45) is 8.02. The molecule has 1 aromatic heterocycles. The van der Waals surface area contributed by atoms with Gasteiger partial charge in [0.25, 0.3) is 0 Å². The van der Waals surface area contributed by atoms with Gasteiger partial charge in [0.05, 0.1) is 26.4 Å². The van der Waals surface area contributed by atoms with E-state index in [1.807, 2.05) is 51.2 Å². The molecular formula is C37H56O7Si. The highest BCUT2D eigenvalue weighted by atomic mass is 28.4. The molecule has 7 nitrogen and oxygen atoms in total. The predicted molar refractivity (Wildman–Crippen MR) is 187 cm³/mol. The topological polar surface area (TPSA) is 87.4 Å². The van der Waals surface area contributed by atoms with Gasteiger partial charge >= 0.3 is 0 Å². The first-order valence-corrected chi connectivity index (χ1v) is 19.9. The second-order valence-electron chi connectivity index (χ2n) is 13.1. The fourth-order valence-corrected chi connectivity index (χ4v) is 5.35. The van der Waals surface area contributed by atoms with Crippen LogP contribution in [0.1, 0.15) is 98.5 Å². The summed E-state index contributed by atoms with van der Waals surface area (Å²) in [5.74, 6) is 2.84. The first-order chi connectivity index (χ1) is 21.5. The third-order valence-electron chi connectivity index (χ3n) is 8.54. The molecule has 250 valence electrons. The van der Waals surface area contributed by atoms with Gasteiger partial charge in [-0.1, -0.05) is 67.2 Å². The maximum atomic E-state index is 14.6. The van der Waals surface area contributed by atoms with Crippen molar-refractivity contribution in [2.24, 2.45) is 0 Å². The maximum Gasteiger partial charge on any atom is 0.200 e. The SMILES string of the molecule is CCCCOc1cc(OCCCC)c2c(=O)c(CC(C)(C)[Si](C)(C)O)c(-c3ccc(OCCCC)c(OCCCC)c3)oc2c1. The van der Waals surface area contributed by atoms with Crippen LogP contribution in [0, 0.1) is 0 Å². The predicted octanol–water partition coefficient (Wildman–Crippen LogP) is 9.70. The molecule has 0 unspecified atom stereocenters. The van der Waals surface area contributed by atoms with Crippen LogP contribution in [0.3, 0.4) is 0 Å². The van der Waals surface area contributed by atoms with Crippen LogP contribution in [0.4, 0.5) is 0 Å². The average Bonchev–Trinajstić information content (AvgIpc) is 2.99. The van der Waals surface area contributed by atoms with Gasteiger partial charge in [-0.2, -0.15) is 0 Å². The van der Waals surface area contributed by atoms with Crippen LogP contribution in [-0.4, -0.2) is 39.5 Å². The van der Waals surface area contributed by atoms with Crippen LogP contribution >= 0.6 is 0 Å². The third-order valence-corrected chi connectivity index (χ3v) is 12.0. The van der Waals surface area contributed by atoms with E-state index in [4.69, 9.17) is 23.4 Å². The number of fused-ring (bicyclic) bond motifs is 1. The first-order valence-electron chi connectivity index (χ1n) is 17.0. The Morgan fingerprint density at radius 1 is 0.733 bits per heavy atom. The lowest BCUT2D eigenvalue weighted by atomic mass is 9.95. The van der Waals surface area contributed by atoms with Crippen LogP contribution in [0.2, 0.25) is 18.1 Å². The van der Waals surface area contributed by atoms with E-state index in [-0.39, 0.29) is 5.43 Å². The van der Waals surface area contributed by atoms with Gasteiger partial charge in [0.15, 0.2) is 25.2 Å². The summed E-state index contributed by atoms with van der Waals surface area (Å²) in [5, 5.41) is -0.111. The van der Waals surface area contributed by atoms with E-state index in [0.29, 0.717) is 78.1 Å². The summed E-state index contributed by atoms with van der Waals surface area (Å²) < 4.78 is 31.3. The second-order valence-corrected chi connectivity index (χ2v) is 17.6. The number of benzene rings is 2. The van der Waals surface area contributed by atoms with Crippen molar-refractivity contribution in [3.05, 3.63) is 46.1 Å². The smallest absolute Gasteiger partial charge is 0.200 e. The molecule has 1 heterocycles. The molecule has 0 saturated carbocycles. The summed E-state index contributed by atoms with van der Waals surface area (Å²) in [7, 11) is -2.69. The molecule has 0 saturated heterocycles. The molecule has 2 aromatic carbocycles. The highest BCUT2D eigenvalue weighted by Crippen LogP contribution is 2.43. The van der Waals surface area contributed by atoms with Crippen LogP contribution in [0.15, 0.2) is 39.5 Å². The molecular weight excluding hydrogens is 584 g/mol. The molecule has 0 amide bonds. The van der Waals surface area contributed by atoms with Crippen molar-refractivity contribution in [2.45, 2.75) is 117 Å². The van der Waals surface area contributed by atoms with E-state index in [2.05, 4.69) is 27.7 Å². The van der Waals surface area contributed by atoms with Gasteiger partial charge in [-0.3, -0.25) is 4.79 Å². The molecule has 0 bridgehead atoms. The zero-order valence-electron chi connectivity index (χ0n) is 29.0. The summed E-state index contributed by atoms with van der Waals surface area (Å²) in [6.45, 7) is 18.6. The Kier molecular flexibility index (Phi) is 13.9. The quantitative estimate of drug-likeness (QED) is 0.0972. The van der Waals surface area contributed by atoms with Crippen molar-refractivity contribution in [3.8, 4) is 34.3 Å². The molecule has 0 atom stereocenters. The Balaban J connectivity index is 2.29. The minimum Gasteiger partial charge on any atom is -0.493 e. The Bertz CT molecular complexity index is 1420. The summed E-state index contributed by atoms with van der Waals surface area (Å²) in [4.78, 5) is 25.8. The van der Waals surface area contributed by atoms with Gasteiger partial charge in [-0.15, -0.1) is 0 Å². The zero-order chi connectivity index (χ0) is 33.0. The van der Waals surface area contributed by atoms with E-state index in [9.17, 15) is 9.59 Å². The molecule has 0 radical (unpaired) electrons. The molecule has 0 spiro atoms. The standard InChI is InChI=1S/C37H56O7Si/c1-9-13-19-40-28-24-32(43-22-16-12-4)34-33(25-28)44-36(29(35(34)38)26-37(5,6)45(7,8)39)27-17-18-30(41-20-14-10-2)31(23-27)42-21-15-11-3/h17-18,23-25,39H,9-16,19-22,26H2,1-8H3. The number of rotatable bonds is 20. The lowest BCUT2D eigenvalue weighted by molar-refractivity contribution is 0.262. The van der Waals surface area contributed by atoms with Gasteiger partial charge < -0.3 is 28.2 Å². The molecule has 3 rings (SSSR count). The number of unbranched alkanes of at least 4 members (excludes halogenated alkanes) is 4. The van der Waals surface area contributed by atoms with E-state index in [0.717, 1.165) is 56.9 Å². The van der Waals surface area contributed by atoms with Gasteiger partial charge in [0.1, 0.15) is 28.2 Å². The first kappa shape index (κ1) is 36.5. The lowest BCUT2D eigenvalue weighted by Gasteiger charge is -2.35. The molecule has 1 N–H and O–H groups in total. The largest absolute Gasteiger partial charge is 0.493 e. The molecule has 0 aliphatic carbocycles. The van der Waals surface area contributed by atoms with Crippen LogP contribution in [0.5, 0.6) is 23.0 Å². The number of ether oxygens (including phenoxy) is 4. The molecule has 3 aromatic rings. The Morgan fingerprint density at radius 3 is 1.82 bits per heavy atom. The lowest BCUT2D eigenvalue weighted by Crippen LogP contribution is -2.41. The van der Waals surface area contributed by atoms with Crippen LogP contribution < -0.4 is 24.4 Å². The highest BCUT2D eigenvalue weighted by Gasteiger charge is 2.40. The van der Waals surface area contributed by atoms with Crippen molar-refractivity contribution in [3.63, 3.8) is 0 Å². The highest BCUT2D eigenvalue weighted by molar-refractivity contribution is 6.72. The van der Waals surface area contributed by atoms with Crippen molar-refractivity contribution >= 4 is 19.3 Å². The van der Waals surface area contributed by atoms with Crippen molar-refractivity contribution < 1.29 is 28.2 Å². The number of hydrogen-bond acceptors (Lipinski definition) is 7. The van der Waals surface area contributed by atoms with Gasteiger partial charge in [0.2, 0.25) is 0 Å². The van der Waals surface area contributed by atoms with Crippen LogP contribution in [-0.2, 0) is 6.42 Å². The van der Waals surface area contributed by atoms with E-state index in [1.165, 1.54) is 0 Å². The van der Waals surface area contributed by atoms with Crippen molar-refractivity contribution in [1.82, 2.24) is 0 Å². The molecule has 0 aliphatic rings. The van der Waals surface area contributed by atoms with Gasteiger partial charge in [0, 0.05) is 23.3 Å². The van der Waals surface area contributed by atoms with Crippen molar-refractivity contribution in [1.29, 1.82) is 0 Å². The summed E-state index contributed by atoms with van der Waals surface area (Å²) in [6, 6.07) is 9.35. The second kappa shape index (κ2) is 17.1. The third kappa shape index (κ3) is 9.76. The molecule has 8 heteroatoms. The van der Waals surface area contributed by atoms with E-state index in [1.54, 1.807) is 6.07 Å². The summed E-state index contributed by atoms with van der Waals surface area (Å²) in [5.41, 5.74) is 1.49. The van der Waals surface area contributed by atoms with Gasteiger partial charge in [-0.05, 0) is 68.4 Å². The maximum absolute atomic E-state index is 14.6. The van der Waals surface area contributed by atoms with Crippen LogP contribution in [0.25, 0.3) is 22.3 Å². The fourth-order valence-electron chi connectivity index (χ4n) is 4.74. The number of hydrogen-bond donors (Lipinski definition) is 1. The molecule has 0 fully saturated rings. The molecule has 0 aliphatic heterocycles. The Morgan fingerprint density at radius 2 is 1.27 bits per heavy atom. The van der Waals surface area contributed by atoms with E-state index < -0.39 is 13.4 Å². The average molecular weight is 641 g/mol. The summed E-state index contributed by atoms with van der Waals surface area (Å²) >= 11 is 0. The minimum atomic E-state index is -2.69. The van der Waals surface area contributed by atoms with Gasteiger partial charge in [-0.25, -0.2) is 0 Å². The van der Waals surface area contributed by atoms with E-state index >= 15 is 0 Å². The Labute approximate surface area is 271 Å². The minimum absolute atomic E-state index is 0.152. The molecule has 45 heavy (non-hydrogen) atoms. The fraction of sp³-hybridized carbons (Fsp3) is 0.595. The normalized spacial score (nSPS) is 12.0.